The molecule has 1 atom stereocenters. The molecule has 0 aliphatic heterocycles. The highest BCUT2D eigenvalue weighted by atomic mass is 79.9. The van der Waals surface area contributed by atoms with Gasteiger partial charge in [0.1, 0.15) is 11.5 Å². The molecule has 132 valence electrons. The molecule has 6 rings (SSSR count). The molecule has 3 nitrogen and oxygen atoms in total. The first-order chi connectivity index (χ1) is 12.0. The van der Waals surface area contributed by atoms with Gasteiger partial charge in [-0.15, -0.1) is 0 Å². The Bertz CT molecular complexity index is 718. The van der Waals surface area contributed by atoms with Crippen molar-refractivity contribution < 1.29 is 14.3 Å². The molecule has 1 aromatic carbocycles. The topological polar surface area (TPSA) is 43.4 Å². The third-order valence-corrected chi connectivity index (χ3v) is 7.43. The zero-order chi connectivity index (χ0) is 17.2. The number of ketones is 1. The lowest BCUT2D eigenvalue weighted by molar-refractivity contribution is -0.189. The number of fused-ring (bicyclic) bond motifs is 1. The Kier molecular flexibility index (Phi) is 3.64. The fraction of sp³-hybridized carbons (Fsp3) is 0.619. The van der Waals surface area contributed by atoms with Gasteiger partial charge in [0.25, 0.3) is 0 Å². The fourth-order valence-corrected chi connectivity index (χ4v) is 6.64. The highest BCUT2D eigenvalue weighted by molar-refractivity contribution is 9.10. The van der Waals surface area contributed by atoms with Crippen LogP contribution in [-0.4, -0.2) is 17.4 Å². The van der Waals surface area contributed by atoms with Gasteiger partial charge >= 0.3 is 5.97 Å². The molecule has 1 aromatic rings. The van der Waals surface area contributed by atoms with E-state index >= 15 is 0 Å². The van der Waals surface area contributed by atoms with E-state index in [1.54, 1.807) is 0 Å². The van der Waals surface area contributed by atoms with Crippen LogP contribution in [0, 0.1) is 23.7 Å². The molecule has 0 aromatic heterocycles. The van der Waals surface area contributed by atoms with Crippen LogP contribution in [0.4, 0.5) is 0 Å². The normalized spacial score (nSPS) is 38.5. The lowest BCUT2D eigenvalue weighted by Gasteiger charge is -2.55. The van der Waals surface area contributed by atoms with E-state index < -0.39 is 5.92 Å². The van der Waals surface area contributed by atoms with Crippen LogP contribution in [0.3, 0.4) is 0 Å². The van der Waals surface area contributed by atoms with E-state index in [1.807, 2.05) is 18.2 Å². The summed E-state index contributed by atoms with van der Waals surface area (Å²) < 4.78 is 7.02. The largest absolute Gasteiger partial charge is 0.458 e. The zero-order valence-electron chi connectivity index (χ0n) is 14.3. The van der Waals surface area contributed by atoms with Gasteiger partial charge in [-0.3, -0.25) is 9.59 Å². The summed E-state index contributed by atoms with van der Waals surface area (Å²) in [5, 5.41) is 0. The number of hydrogen-bond donors (Lipinski definition) is 0. The van der Waals surface area contributed by atoms with E-state index in [2.05, 4.69) is 15.9 Å². The van der Waals surface area contributed by atoms with E-state index in [9.17, 15) is 9.59 Å². The van der Waals surface area contributed by atoms with E-state index in [4.69, 9.17) is 4.74 Å². The smallest absolute Gasteiger partial charge is 0.317 e. The van der Waals surface area contributed by atoms with Crippen LogP contribution in [-0.2, 0) is 16.0 Å². The summed E-state index contributed by atoms with van der Waals surface area (Å²) in [4.78, 5) is 25.8. The maximum absolute atomic E-state index is 12.9. The number of Topliss-reactive ketones (excluding diaryl/α,β-unsaturated/α-hetero) is 1. The van der Waals surface area contributed by atoms with Gasteiger partial charge in [0.15, 0.2) is 5.78 Å². The first-order valence-corrected chi connectivity index (χ1v) is 10.4. The monoisotopic (exact) mass is 402 g/mol. The molecule has 4 bridgehead atoms. The van der Waals surface area contributed by atoms with Crippen LogP contribution in [0.5, 0.6) is 0 Å². The van der Waals surface area contributed by atoms with Gasteiger partial charge in [-0.05, 0) is 86.8 Å². The molecule has 5 aliphatic rings. The van der Waals surface area contributed by atoms with Crippen LogP contribution in [0.15, 0.2) is 22.7 Å². The summed E-state index contributed by atoms with van der Waals surface area (Å²) in [5.74, 6) is 1.26. The molecule has 0 amide bonds. The second-order valence-corrected chi connectivity index (χ2v) is 9.69. The Morgan fingerprint density at radius 1 is 1.08 bits per heavy atom. The molecule has 4 fully saturated rings. The average molecular weight is 403 g/mol. The maximum atomic E-state index is 12.9. The van der Waals surface area contributed by atoms with Crippen molar-refractivity contribution in [2.75, 3.05) is 0 Å². The Morgan fingerprint density at radius 3 is 2.36 bits per heavy atom. The molecule has 0 N–H and O–H groups in total. The van der Waals surface area contributed by atoms with Gasteiger partial charge in [-0.2, -0.15) is 0 Å². The average Bonchev–Trinajstić information content (AvgIpc) is 2.54. The van der Waals surface area contributed by atoms with Gasteiger partial charge < -0.3 is 4.74 Å². The summed E-state index contributed by atoms with van der Waals surface area (Å²) in [6, 6.07) is 5.79. The van der Waals surface area contributed by atoms with Crippen molar-refractivity contribution in [1.29, 1.82) is 0 Å². The number of esters is 1. The lowest BCUT2D eigenvalue weighted by atomic mass is 9.54. The Balaban J connectivity index is 1.36. The number of aryl methyl sites for hydroxylation is 1. The number of benzene rings is 1. The van der Waals surface area contributed by atoms with Crippen molar-refractivity contribution in [3.63, 3.8) is 0 Å². The molecule has 0 heterocycles. The van der Waals surface area contributed by atoms with Gasteiger partial charge in [-0.25, -0.2) is 0 Å². The number of halogens is 1. The van der Waals surface area contributed by atoms with Crippen LogP contribution < -0.4 is 0 Å². The third kappa shape index (κ3) is 2.68. The van der Waals surface area contributed by atoms with Crippen molar-refractivity contribution in [1.82, 2.24) is 0 Å². The summed E-state index contributed by atoms with van der Waals surface area (Å²) in [7, 11) is 0. The molecule has 0 spiro atoms. The van der Waals surface area contributed by atoms with Crippen LogP contribution in [0.1, 0.15) is 60.9 Å². The van der Waals surface area contributed by atoms with Crippen LogP contribution in [0.25, 0.3) is 0 Å². The highest BCUT2D eigenvalue weighted by Crippen LogP contribution is 2.57. The minimum Gasteiger partial charge on any atom is -0.458 e. The number of ether oxygens (including phenoxy) is 1. The van der Waals surface area contributed by atoms with Gasteiger partial charge in [0, 0.05) is 10.0 Å². The quantitative estimate of drug-likeness (QED) is 0.531. The Morgan fingerprint density at radius 2 is 1.72 bits per heavy atom. The minimum absolute atomic E-state index is 0.0581. The molecule has 0 radical (unpaired) electrons. The third-order valence-electron chi connectivity index (χ3n) is 6.94. The second kappa shape index (κ2) is 5.67. The zero-order valence-corrected chi connectivity index (χ0v) is 15.9. The lowest BCUT2D eigenvalue weighted by Crippen LogP contribution is -2.53. The minimum atomic E-state index is -0.616. The van der Waals surface area contributed by atoms with Gasteiger partial charge in [0.2, 0.25) is 0 Å². The highest BCUT2D eigenvalue weighted by Gasteiger charge is 2.54. The molecular weight excluding hydrogens is 380 g/mol. The van der Waals surface area contributed by atoms with Crippen molar-refractivity contribution in [2.45, 2.75) is 57.0 Å². The van der Waals surface area contributed by atoms with E-state index in [0.29, 0.717) is 12.0 Å². The molecule has 0 saturated heterocycles. The predicted octanol–water partition coefficient (Wildman–Crippen LogP) is 4.71. The number of rotatable bonds is 2. The summed E-state index contributed by atoms with van der Waals surface area (Å²) >= 11 is 3.43. The Hall–Kier alpha value is -1.16. The van der Waals surface area contributed by atoms with Crippen LogP contribution in [0.2, 0.25) is 0 Å². The van der Waals surface area contributed by atoms with Crippen molar-refractivity contribution in [3.8, 4) is 0 Å². The summed E-state index contributed by atoms with van der Waals surface area (Å²) in [5.41, 5.74) is 1.48. The first kappa shape index (κ1) is 16.0. The Labute approximate surface area is 156 Å². The molecule has 25 heavy (non-hydrogen) atoms. The van der Waals surface area contributed by atoms with E-state index in [-0.39, 0.29) is 17.4 Å². The standard InChI is InChI=1S/C21H23BrO3/c22-16-3-1-15-2-4-17(19(23)18(15)8-16)20(24)25-21-9-12-5-13(10-21)7-14(6-12)11-21/h1,3,8,12-14,17H,2,4-7,9-11H2. The molecular formula is C21H23BrO3. The molecule has 1 unspecified atom stereocenters. The van der Waals surface area contributed by atoms with Gasteiger partial charge in [-0.1, -0.05) is 22.0 Å². The van der Waals surface area contributed by atoms with Crippen LogP contribution >= 0.6 is 15.9 Å². The fourth-order valence-electron chi connectivity index (χ4n) is 6.28. The van der Waals surface area contributed by atoms with Crippen molar-refractivity contribution in [3.05, 3.63) is 33.8 Å². The molecule has 4 heteroatoms. The van der Waals surface area contributed by atoms with E-state index in [0.717, 1.165) is 53.5 Å². The predicted molar refractivity (Wildman–Crippen MR) is 97.3 cm³/mol. The summed E-state index contributed by atoms with van der Waals surface area (Å²) in [6.07, 6.45) is 8.38. The maximum Gasteiger partial charge on any atom is 0.317 e. The number of carbonyl (C=O) groups is 2. The second-order valence-electron chi connectivity index (χ2n) is 8.78. The van der Waals surface area contributed by atoms with Crippen molar-refractivity contribution in [2.24, 2.45) is 23.7 Å². The number of hydrogen-bond acceptors (Lipinski definition) is 3. The van der Waals surface area contributed by atoms with Gasteiger partial charge in [0.05, 0.1) is 0 Å². The SMILES string of the molecule is O=C(OC12CC3CC(CC(C3)C1)C2)C1CCc2ccc(Br)cc2C1=O. The molecule has 5 aliphatic carbocycles. The summed E-state index contributed by atoms with van der Waals surface area (Å²) in [6.45, 7) is 0. The van der Waals surface area contributed by atoms with Crippen molar-refractivity contribution >= 4 is 27.7 Å². The number of carbonyl (C=O) groups excluding carboxylic acids is 2. The first-order valence-electron chi connectivity index (χ1n) is 9.57. The molecule has 4 saturated carbocycles. The van der Waals surface area contributed by atoms with E-state index in [1.165, 1.54) is 19.3 Å².